The van der Waals surface area contributed by atoms with Crippen LogP contribution in [0.1, 0.15) is 71.6 Å². The second-order valence-electron chi connectivity index (χ2n) is 6.02. The van der Waals surface area contributed by atoms with Gasteiger partial charge in [0.15, 0.2) is 0 Å². The van der Waals surface area contributed by atoms with Gasteiger partial charge in [0.25, 0.3) is 0 Å². The van der Waals surface area contributed by atoms with Crippen LogP contribution in [0.4, 0.5) is 0 Å². The molecule has 0 bridgehead atoms. The molecule has 2 aliphatic carbocycles. The van der Waals surface area contributed by atoms with E-state index >= 15 is 0 Å². The number of rotatable bonds is 1. The standard InChI is InChI=1S/C14H26/c1-12(2)13-8-4-7-11-14(13)9-5-3-6-10-14/h12-13H,3-11H2,1-2H3. The zero-order valence-electron chi connectivity index (χ0n) is 10.0. The summed E-state index contributed by atoms with van der Waals surface area (Å²) in [6, 6.07) is 0. The van der Waals surface area contributed by atoms with Crippen LogP contribution in [0.25, 0.3) is 0 Å². The Labute approximate surface area is 89.5 Å². The maximum absolute atomic E-state index is 2.45. The van der Waals surface area contributed by atoms with Gasteiger partial charge in [0, 0.05) is 0 Å². The van der Waals surface area contributed by atoms with Gasteiger partial charge in [-0.3, -0.25) is 0 Å². The van der Waals surface area contributed by atoms with E-state index in [0.717, 1.165) is 17.3 Å². The monoisotopic (exact) mass is 194 g/mol. The molecule has 2 rings (SSSR count). The molecule has 1 atom stereocenters. The second-order valence-corrected chi connectivity index (χ2v) is 6.02. The van der Waals surface area contributed by atoms with Crippen LogP contribution in [-0.4, -0.2) is 0 Å². The molecule has 1 unspecified atom stereocenters. The summed E-state index contributed by atoms with van der Waals surface area (Å²) in [5.41, 5.74) is 0.796. The van der Waals surface area contributed by atoms with Crippen molar-refractivity contribution >= 4 is 0 Å². The van der Waals surface area contributed by atoms with E-state index in [1.165, 1.54) is 38.5 Å². The van der Waals surface area contributed by atoms with Gasteiger partial charge in [-0.05, 0) is 42.9 Å². The van der Waals surface area contributed by atoms with Crippen molar-refractivity contribution in [1.29, 1.82) is 0 Å². The summed E-state index contributed by atoms with van der Waals surface area (Å²) in [6.07, 6.45) is 13.7. The van der Waals surface area contributed by atoms with E-state index in [2.05, 4.69) is 13.8 Å². The Morgan fingerprint density at radius 1 is 0.857 bits per heavy atom. The third kappa shape index (κ3) is 1.85. The minimum Gasteiger partial charge on any atom is -0.0625 e. The predicted octanol–water partition coefficient (Wildman–Crippen LogP) is 4.78. The van der Waals surface area contributed by atoms with Crippen molar-refractivity contribution in [3.8, 4) is 0 Å². The molecular formula is C14H26. The molecule has 0 aromatic rings. The summed E-state index contributed by atoms with van der Waals surface area (Å²) < 4.78 is 0. The molecule has 0 heterocycles. The first-order valence-corrected chi connectivity index (χ1v) is 6.75. The van der Waals surface area contributed by atoms with Crippen LogP contribution in [-0.2, 0) is 0 Å². The SMILES string of the molecule is CC(C)C1CCCCC12CCCCC2. The lowest BCUT2D eigenvalue weighted by atomic mass is 9.56. The van der Waals surface area contributed by atoms with Crippen LogP contribution in [0.2, 0.25) is 0 Å². The van der Waals surface area contributed by atoms with E-state index in [4.69, 9.17) is 0 Å². The van der Waals surface area contributed by atoms with Crippen molar-refractivity contribution in [2.24, 2.45) is 17.3 Å². The maximum atomic E-state index is 2.45. The number of hydrogen-bond donors (Lipinski definition) is 0. The smallest absolute Gasteiger partial charge is 0.0267 e. The molecular weight excluding hydrogens is 168 g/mol. The molecule has 0 amide bonds. The normalized spacial score (nSPS) is 32.4. The molecule has 0 aromatic heterocycles. The average Bonchev–Trinajstić information content (AvgIpc) is 2.19. The summed E-state index contributed by atoms with van der Waals surface area (Å²) in [5.74, 6) is 1.98. The molecule has 2 fully saturated rings. The summed E-state index contributed by atoms with van der Waals surface area (Å²) in [7, 11) is 0. The first-order valence-electron chi connectivity index (χ1n) is 6.75. The molecule has 0 N–H and O–H groups in total. The Kier molecular flexibility index (Phi) is 3.19. The fraction of sp³-hybridized carbons (Fsp3) is 1.00. The highest BCUT2D eigenvalue weighted by Gasteiger charge is 2.42. The summed E-state index contributed by atoms with van der Waals surface area (Å²) in [4.78, 5) is 0. The third-order valence-corrected chi connectivity index (χ3v) is 4.88. The highest BCUT2D eigenvalue weighted by molar-refractivity contribution is 4.92. The molecule has 82 valence electrons. The molecule has 0 aromatic carbocycles. The van der Waals surface area contributed by atoms with Crippen LogP contribution >= 0.6 is 0 Å². The lowest BCUT2D eigenvalue weighted by Gasteiger charge is -2.49. The molecule has 2 aliphatic rings. The van der Waals surface area contributed by atoms with Gasteiger partial charge in [-0.15, -0.1) is 0 Å². The highest BCUT2D eigenvalue weighted by Crippen LogP contribution is 2.53. The predicted molar refractivity (Wildman–Crippen MR) is 62.3 cm³/mol. The quantitative estimate of drug-likeness (QED) is 0.563. The lowest BCUT2D eigenvalue weighted by molar-refractivity contribution is 0.0199. The Hall–Kier alpha value is 0. The van der Waals surface area contributed by atoms with E-state index in [1.807, 2.05) is 0 Å². The van der Waals surface area contributed by atoms with Gasteiger partial charge in [0.1, 0.15) is 0 Å². The Morgan fingerprint density at radius 2 is 1.43 bits per heavy atom. The Balaban J connectivity index is 2.10. The van der Waals surface area contributed by atoms with E-state index in [9.17, 15) is 0 Å². The largest absolute Gasteiger partial charge is 0.0625 e. The van der Waals surface area contributed by atoms with Crippen molar-refractivity contribution in [2.45, 2.75) is 71.6 Å². The number of hydrogen-bond acceptors (Lipinski definition) is 0. The summed E-state index contributed by atoms with van der Waals surface area (Å²) >= 11 is 0. The molecule has 1 spiro atoms. The highest BCUT2D eigenvalue weighted by atomic mass is 14.5. The zero-order valence-corrected chi connectivity index (χ0v) is 10.0. The van der Waals surface area contributed by atoms with E-state index in [-0.39, 0.29) is 0 Å². The fourth-order valence-corrected chi connectivity index (χ4v) is 4.25. The van der Waals surface area contributed by atoms with Crippen LogP contribution in [0.15, 0.2) is 0 Å². The van der Waals surface area contributed by atoms with Gasteiger partial charge in [0.05, 0.1) is 0 Å². The minimum absolute atomic E-state index is 0.796. The summed E-state index contributed by atoms with van der Waals surface area (Å²) in [5, 5.41) is 0. The Morgan fingerprint density at radius 3 is 2.00 bits per heavy atom. The van der Waals surface area contributed by atoms with Crippen LogP contribution < -0.4 is 0 Å². The summed E-state index contributed by atoms with van der Waals surface area (Å²) in [6.45, 7) is 4.90. The minimum atomic E-state index is 0.796. The molecule has 0 saturated heterocycles. The third-order valence-electron chi connectivity index (χ3n) is 4.88. The van der Waals surface area contributed by atoms with Crippen molar-refractivity contribution < 1.29 is 0 Å². The molecule has 2 saturated carbocycles. The van der Waals surface area contributed by atoms with Crippen molar-refractivity contribution in [2.75, 3.05) is 0 Å². The second kappa shape index (κ2) is 4.24. The van der Waals surface area contributed by atoms with Crippen LogP contribution in [0.3, 0.4) is 0 Å². The van der Waals surface area contributed by atoms with Crippen molar-refractivity contribution in [1.82, 2.24) is 0 Å². The van der Waals surface area contributed by atoms with E-state index in [0.29, 0.717) is 0 Å². The van der Waals surface area contributed by atoms with Crippen molar-refractivity contribution in [3.05, 3.63) is 0 Å². The Bertz CT molecular complexity index is 166. The molecule has 14 heavy (non-hydrogen) atoms. The first kappa shape index (κ1) is 10.5. The molecule has 0 radical (unpaired) electrons. The van der Waals surface area contributed by atoms with Gasteiger partial charge < -0.3 is 0 Å². The molecule has 0 aliphatic heterocycles. The average molecular weight is 194 g/mol. The molecule has 0 heteroatoms. The zero-order chi connectivity index (χ0) is 10.0. The van der Waals surface area contributed by atoms with Gasteiger partial charge in [-0.1, -0.05) is 46.0 Å². The van der Waals surface area contributed by atoms with Gasteiger partial charge >= 0.3 is 0 Å². The van der Waals surface area contributed by atoms with Gasteiger partial charge in [0.2, 0.25) is 0 Å². The topological polar surface area (TPSA) is 0 Å². The molecule has 0 nitrogen and oxygen atoms in total. The van der Waals surface area contributed by atoms with Gasteiger partial charge in [-0.2, -0.15) is 0 Å². The van der Waals surface area contributed by atoms with E-state index < -0.39 is 0 Å². The maximum Gasteiger partial charge on any atom is -0.0267 e. The van der Waals surface area contributed by atoms with Crippen LogP contribution in [0, 0.1) is 17.3 Å². The fourth-order valence-electron chi connectivity index (χ4n) is 4.25. The first-order chi connectivity index (χ1) is 6.75. The lowest BCUT2D eigenvalue weighted by Crippen LogP contribution is -2.38. The van der Waals surface area contributed by atoms with Crippen LogP contribution in [0.5, 0.6) is 0 Å². The van der Waals surface area contributed by atoms with E-state index in [1.54, 1.807) is 19.3 Å². The van der Waals surface area contributed by atoms with Crippen molar-refractivity contribution in [3.63, 3.8) is 0 Å². The van der Waals surface area contributed by atoms with Gasteiger partial charge in [-0.25, -0.2) is 0 Å².